The predicted octanol–water partition coefficient (Wildman–Crippen LogP) is 4.50. The number of nitrogens with two attached hydrogens (primary N) is 1. The number of nitriles is 1. The maximum atomic E-state index is 15.4. The van der Waals surface area contributed by atoms with E-state index in [0.717, 1.165) is 30.6 Å². The van der Waals surface area contributed by atoms with Crippen molar-refractivity contribution in [3.05, 3.63) is 77.5 Å². The van der Waals surface area contributed by atoms with Crippen molar-refractivity contribution < 1.29 is 18.6 Å². The molecule has 2 aliphatic rings. The van der Waals surface area contributed by atoms with Gasteiger partial charge in [0, 0.05) is 55.1 Å². The first-order valence-corrected chi connectivity index (χ1v) is 14.8. The number of benzene rings is 1. The third-order valence-electron chi connectivity index (χ3n) is 8.73. The quantitative estimate of drug-likeness (QED) is 0.289. The number of nitrogens with zero attached hydrogens (tertiary/aromatic N) is 6. The maximum absolute atomic E-state index is 15.4. The number of aromatic nitrogens is 4. The highest BCUT2D eigenvalue weighted by atomic mass is 19.1. The Balaban J connectivity index is 1.27. The zero-order valence-electron chi connectivity index (χ0n) is 24.1. The van der Waals surface area contributed by atoms with E-state index in [-0.39, 0.29) is 34.9 Å². The summed E-state index contributed by atoms with van der Waals surface area (Å²) in [4.78, 5) is 11.1. The molecule has 2 fully saturated rings. The van der Waals surface area contributed by atoms with Crippen LogP contribution in [0.5, 0.6) is 0 Å². The number of anilines is 1. The van der Waals surface area contributed by atoms with Crippen LogP contribution in [0.15, 0.2) is 48.9 Å². The zero-order chi connectivity index (χ0) is 30.1. The van der Waals surface area contributed by atoms with Gasteiger partial charge in [0.2, 0.25) is 0 Å². The summed E-state index contributed by atoms with van der Waals surface area (Å²) in [5.74, 6) is -0.783. The highest BCUT2D eigenvalue weighted by Gasteiger charge is 2.35. The molecule has 6 rings (SSSR count). The van der Waals surface area contributed by atoms with E-state index >= 15 is 8.78 Å². The summed E-state index contributed by atoms with van der Waals surface area (Å²) in [5, 5.41) is 24.3. The van der Waals surface area contributed by atoms with Crippen LogP contribution in [0.4, 0.5) is 14.5 Å². The van der Waals surface area contributed by atoms with Gasteiger partial charge in [-0.25, -0.2) is 18.3 Å². The lowest BCUT2D eigenvalue weighted by Gasteiger charge is -2.42. The van der Waals surface area contributed by atoms with Gasteiger partial charge in [-0.15, -0.1) is 0 Å². The number of ether oxygens (including phenoxy) is 1. The van der Waals surface area contributed by atoms with Crippen LogP contribution in [-0.2, 0) is 16.8 Å². The summed E-state index contributed by atoms with van der Waals surface area (Å²) >= 11 is 0. The van der Waals surface area contributed by atoms with Gasteiger partial charge in [-0.1, -0.05) is 19.8 Å². The fourth-order valence-corrected chi connectivity index (χ4v) is 6.59. The Morgan fingerprint density at radius 2 is 1.91 bits per heavy atom. The fourth-order valence-electron chi connectivity index (χ4n) is 6.59. The first kappa shape index (κ1) is 29.1. The van der Waals surface area contributed by atoms with Gasteiger partial charge in [-0.05, 0) is 48.7 Å². The Morgan fingerprint density at radius 3 is 2.63 bits per heavy atom. The van der Waals surface area contributed by atoms with E-state index in [4.69, 9.17) is 15.7 Å². The van der Waals surface area contributed by atoms with E-state index in [1.54, 1.807) is 35.2 Å². The number of aliphatic hydroxyl groups is 1. The minimum Gasteiger partial charge on any atom is -0.385 e. The topological polar surface area (TPSA) is 126 Å². The number of pyridine rings is 1. The fraction of sp³-hybridized carbons (Fsp3) is 0.438. The SMILES string of the molecule is C[C@H]1CN(c2ccncc2Cc2ncc3ccc(-c4c(F)cc(C5(O)CCCC5)cc4F)nn23)C[C@@H](N)[C@H]1OCCC#N. The van der Waals surface area contributed by atoms with E-state index in [1.807, 2.05) is 6.07 Å². The van der Waals surface area contributed by atoms with Crippen molar-refractivity contribution in [1.82, 2.24) is 19.6 Å². The minimum absolute atomic E-state index is 0.135. The van der Waals surface area contributed by atoms with Crippen molar-refractivity contribution in [1.29, 1.82) is 5.26 Å². The Bertz CT molecular complexity index is 1630. The smallest absolute Gasteiger partial charge is 0.136 e. The molecule has 0 amide bonds. The zero-order valence-corrected chi connectivity index (χ0v) is 24.1. The molecule has 1 saturated carbocycles. The van der Waals surface area contributed by atoms with Gasteiger partial charge in [0.1, 0.15) is 17.5 Å². The second kappa shape index (κ2) is 12.0. The summed E-state index contributed by atoms with van der Waals surface area (Å²) < 4.78 is 38.3. The molecule has 0 unspecified atom stereocenters. The van der Waals surface area contributed by atoms with Crippen LogP contribution in [-0.4, -0.2) is 56.5 Å². The third kappa shape index (κ3) is 5.70. The molecule has 3 atom stereocenters. The van der Waals surface area contributed by atoms with Crippen molar-refractivity contribution in [2.75, 3.05) is 24.6 Å². The van der Waals surface area contributed by atoms with Crippen LogP contribution < -0.4 is 10.6 Å². The number of piperidine rings is 1. The molecule has 0 spiro atoms. The summed E-state index contributed by atoms with van der Waals surface area (Å²) in [7, 11) is 0. The largest absolute Gasteiger partial charge is 0.385 e. The lowest BCUT2D eigenvalue weighted by atomic mass is 9.90. The maximum Gasteiger partial charge on any atom is 0.136 e. The highest BCUT2D eigenvalue weighted by Crippen LogP contribution is 2.40. The molecule has 1 aliphatic heterocycles. The van der Waals surface area contributed by atoms with Gasteiger partial charge in [0.15, 0.2) is 0 Å². The second-order valence-corrected chi connectivity index (χ2v) is 11.8. The first-order chi connectivity index (χ1) is 20.8. The van der Waals surface area contributed by atoms with Crippen molar-refractivity contribution in [2.24, 2.45) is 11.7 Å². The molecular formula is C32H35F2N7O2. The van der Waals surface area contributed by atoms with E-state index in [2.05, 4.69) is 33.0 Å². The molecule has 1 saturated heterocycles. The molecule has 9 nitrogen and oxygen atoms in total. The lowest BCUT2D eigenvalue weighted by Crippen LogP contribution is -2.57. The van der Waals surface area contributed by atoms with Crippen molar-refractivity contribution in [2.45, 2.75) is 63.2 Å². The predicted molar refractivity (Wildman–Crippen MR) is 157 cm³/mol. The summed E-state index contributed by atoms with van der Waals surface area (Å²) in [6, 6.07) is 9.60. The molecule has 1 aliphatic carbocycles. The van der Waals surface area contributed by atoms with Crippen LogP contribution in [0.2, 0.25) is 0 Å². The second-order valence-electron chi connectivity index (χ2n) is 11.8. The molecule has 1 aromatic carbocycles. The molecule has 11 heteroatoms. The Morgan fingerprint density at radius 1 is 1.14 bits per heavy atom. The van der Waals surface area contributed by atoms with Gasteiger partial charge in [0.05, 0.1) is 53.8 Å². The van der Waals surface area contributed by atoms with Crippen LogP contribution in [0.3, 0.4) is 0 Å². The van der Waals surface area contributed by atoms with Crippen LogP contribution >= 0.6 is 0 Å². The average molecular weight is 588 g/mol. The van der Waals surface area contributed by atoms with Gasteiger partial charge in [-0.3, -0.25) is 4.98 Å². The van der Waals surface area contributed by atoms with E-state index < -0.39 is 17.2 Å². The Kier molecular flexibility index (Phi) is 8.09. The van der Waals surface area contributed by atoms with Crippen LogP contribution in [0.25, 0.3) is 16.8 Å². The average Bonchev–Trinajstić information content (AvgIpc) is 3.61. The number of halogens is 2. The molecule has 43 heavy (non-hydrogen) atoms. The first-order valence-electron chi connectivity index (χ1n) is 14.8. The number of hydrogen-bond acceptors (Lipinski definition) is 8. The Labute approximate surface area is 248 Å². The molecule has 4 heterocycles. The summed E-state index contributed by atoms with van der Waals surface area (Å²) in [5.41, 5.74) is 8.06. The monoisotopic (exact) mass is 587 g/mol. The van der Waals surface area contributed by atoms with Crippen LogP contribution in [0.1, 0.15) is 56.0 Å². The van der Waals surface area contributed by atoms with Gasteiger partial charge >= 0.3 is 0 Å². The minimum atomic E-state index is -1.20. The number of rotatable bonds is 8. The van der Waals surface area contributed by atoms with Crippen molar-refractivity contribution in [3.63, 3.8) is 0 Å². The molecular weight excluding hydrogens is 552 g/mol. The van der Waals surface area contributed by atoms with E-state index in [9.17, 15) is 5.11 Å². The Hall–Kier alpha value is -3.98. The van der Waals surface area contributed by atoms with E-state index in [0.29, 0.717) is 50.2 Å². The molecule has 4 aromatic rings. The highest BCUT2D eigenvalue weighted by molar-refractivity contribution is 5.64. The molecule has 3 aromatic heterocycles. The third-order valence-corrected chi connectivity index (χ3v) is 8.73. The summed E-state index contributed by atoms with van der Waals surface area (Å²) in [6.07, 6.45) is 8.41. The molecule has 0 bridgehead atoms. The van der Waals surface area contributed by atoms with Crippen LogP contribution in [0, 0.1) is 28.9 Å². The standard InChI is InChI=1S/C32H35F2N7O2/c1-20-18-40(19-26(36)31(20)43-12-4-10-35)28-7-11-37-16-21(28)13-29-38-17-23-5-6-27(39-41(23)29)30-24(33)14-22(15-25(30)34)32(42)8-2-3-9-32/h5-7,11,14-17,20,26,31,42H,2-4,8-9,12-13,18-19,36H2,1H3/t20-,26+,31-/m0/s1. The molecule has 0 radical (unpaired) electrons. The van der Waals surface area contributed by atoms with Gasteiger partial charge in [-0.2, -0.15) is 10.4 Å². The number of fused-ring (bicyclic) bond motifs is 1. The van der Waals surface area contributed by atoms with Crippen molar-refractivity contribution in [3.8, 4) is 17.3 Å². The van der Waals surface area contributed by atoms with E-state index in [1.165, 1.54) is 12.1 Å². The molecule has 224 valence electrons. The molecule has 3 N–H and O–H groups in total. The lowest BCUT2D eigenvalue weighted by molar-refractivity contribution is -0.00335. The summed E-state index contributed by atoms with van der Waals surface area (Å²) in [6.45, 7) is 3.75. The van der Waals surface area contributed by atoms with Gasteiger partial charge in [0.25, 0.3) is 0 Å². The van der Waals surface area contributed by atoms with Gasteiger partial charge < -0.3 is 20.5 Å². The number of hydrogen-bond donors (Lipinski definition) is 2. The normalized spacial score (nSPS) is 21.8. The number of imidazole rings is 1. The van der Waals surface area contributed by atoms with Crippen molar-refractivity contribution >= 4 is 11.2 Å².